The topological polar surface area (TPSA) is 58.2 Å². The molecule has 132 valence electrons. The SMILES string of the molecule is Cc1ccc(NC(=O)C(NC(=O)c2ccccc2Cl)C(C)C)c(C)c1. The Morgan fingerprint density at radius 2 is 1.72 bits per heavy atom. The molecule has 25 heavy (non-hydrogen) atoms. The van der Waals surface area contributed by atoms with Gasteiger partial charge in [-0.05, 0) is 43.5 Å². The van der Waals surface area contributed by atoms with Crippen molar-refractivity contribution in [3.63, 3.8) is 0 Å². The fraction of sp³-hybridized carbons (Fsp3) is 0.300. The first-order valence-electron chi connectivity index (χ1n) is 8.23. The molecule has 0 saturated heterocycles. The lowest BCUT2D eigenvalue weighted by Gasteiger charge is -2.22. The first kappa shape index (κ1) is 19.0. The minimum Gasteiger partial charge on any atom is -0.340 e. The van der Waals surface area contributed by atoms with Gasteiger partial charge in [0, 0.05) is 5.69 Å². The highest BCUT2D eigenvalue weighted by atomic mass is 35.5. The molecule has 4 nitrogen and oxygen atoms in total. The molecule has 2 aromatic carbocycles. The quantitative estimate of drug-likeness (QED) is 0.834. The van der Waals surface area contributed by atoms with Gasteiger partial charge in [-0.2, -0.15) is 0 Å². The van der Waals surface area contributed by atoms with Gasteiger partial charge in [-0.3, -0.25) is 9.59 Å². The number of hydrogen-bond donors (Lipinski definition) is 2. The average Bonchev–Trinajstić information content (AvgIpc) is 2.55. The van der Waals surface area contributed by atoms with Crippen LogP contribution < -0.4 is 10.6 Å². The number of carbonyl (C=O) groups is 2. The van der Waals surface area contributed by atoms with E-state index >= 15 is 0 Å². The third kappa shape index (κ3) is 4.83. The lowest BCUT2D eigenvalue weighted by atomic mass is 10.0. The van der Waals surface area contributed by atoms with Gasteiger partial charge in [-0.1, -0.05) is 55.3 Å². The molecule has 0 spiro atoms. The normalized spacial score (nSPS) is 11.9. The molecule has 1 unspecified atom stereocenters. The standard InChI is InChI=1S/C20H23ClN2O2/c1-12(2)18(23-19(24)15-7-5-6-8-16(15)21)20(25)22-17-10-9-13(3)11-14(17)4/h5-12,18H,1-4H3,(H,22,25)(H,23,24). The van der Waals surface area contributed by atoms with E-state index in [9.17, 15) is 9.59 Å². The predicted octanol–water partition coefficient (Wildman–Crippen LogP) is 4.35. The smallest absolute Gasteiger partial charge is 0.253 e. The van der Waals surface area contributed by atoms with Crippen LogP contribution >= 0.6 is 11.6 Å². The van der Waals surface area contributed by atoms with Crippen molar-refractivity contribution >= 4 is 29.1 Å². The van der Waals surface area contributed by atoms with Crippen LogP contribution in [-0.2, 0) is 4.79 Å². The zero-order valence-corrected chi connectivity index (χ0v) is 15.6. The highest BCUT2D eigenvalue weighted by Crippen LogP contribution is 2.18. The Morgan fingerprint density at radius 1 is 1.04 bits per heavy atom. The number of anilines is 1. The van der Waals surface area contributed by atoms with Crippen molar-refractivity contribution in [3.8, 4) is 0 Å². The zero-order chi connectivity index (χ0) is 18.6. The molecule has 2 amide bonds. The molecule has 0 aliphatic rings. The monoisotopic (exact) mass is 358 g/mol. The third-order valence-electron chi connectivity index (χ3n) is 3.99. The first-order valence-corrected chi connectivity index (χ1v) is 8.61. The van der Waals surface area contributed by atoms with Crippen LogP contribution in [0.15, 0.2) is 42.5 Å². The molecular weight excluding hydrogens is 336 g/mol. The number of benzene rings is 2. The second-order valence-electron chi connectivity index (χ2n) is 6.48. The van der Waals surface area contributed by atoms with Crippen molar-refractivity contribution in [3.05, 3.63) is 64.2 Å². The molecule has 0 aliphatic heterocycles. The average molecular weight is 359 g/mol. The van der Waals surface area contributed by atoms with Gasteiger partial charge >= 0.3 is 0 Å². The van der Waals surface area contributed by atoms with Crippen molar-refractivity contribution < 1.29 is 9.59 Å². The Balaban J connectivity index is 2.16. The fourth-order valence-corrected chi connectivity index (χ4v) is 2.79. The number of halogens is 1. The van der Waals surface area contributed by atoms with Crippen LogP contribution in [0.3, 0.4) is 0 Å². The summed E-state index contributed by atoms with van der Waals surface area (Å²) in [5.74, 6) is -0.681. The Hall–Kier alpha value is -2.33. The molecule has 0 fully saturated rings. The van der Waals surface area contributed by atoms with Gasteiger partial charge < -0.3 is 10.6 Å². The van der Waals surface area contributed by atoms with Gasteiger partial charge in [0.05, 0.1) is 10.6 Å². The predicted molar refractivity (Wildman–Crippen MR) is 102 cm³/mol. The highest BCUT2D eigenvalue weighted by molar-refractivity contribution is 6.33. The van der Waals surface area contributed by atoms with Gasteiger partial charge in [0.25, 0.3) is 5.91 Å². The Labute approximate surface area is 153 Å². The van der Waals surface area contributed by atoms with Crippen molar-refractivity contribution in [2.24, 2.45) is 5.92 Å². The van der Waals surface area contributed by atoms with E-state index in [0.29, 0.717) is 10.6 Å². The van der Waals surface area contributed by atoms with E-state index < -0.39 is 6.04 Å². The van der Waals surface area contributed by atoms with E-state index in [-0.39, 0.29) is 17.7 Å². The number of hydrogen-bond acceptors (Lipinski definition) is 2. The number of carbonyl (C=O) groups excluding carboxylic acids is 2. The van der Waals surface area contributed by atoms with Crippen molar-refractivity contribution in [2.45, 2.75) is 33.7 Å². The van der Waals surface area contributed by atoms with Crippen LogP contribution in [0.5, 0.6) is 0 Å². The summed E-state index contributed by atoms with van der Waals surface area (Å²) in [5, 5.41) is 6.05. The van der Waals surface area contributed by atoms with Crippen molar-refractivity contribution in [1.82, 2.24) is 5.32 Å². The summed E-state index contributed by atoms with van der Waals surface area (Å²) < 4.78 is 0. The molecule has 0 bridgehead atoms. The summed E-state index contributed by atoms with van der Waals surface area (Å²) in [5.41, 5.74) is 3.21. The van der Waals surface area contributed by atoms with Crippen LogP contribution in [0.2, 0.25) is 5.02 Å². The fourth-order valence-electron chi connectivity index (χ4n) is 2.56. The van der Waals surface area contributed by atoms with E-state index in [4.69, 9.17) is 11.6 Å². The lowest BCUT2D eigenvalue weighted by Crippen LogP contribution is -2.47. The zero-order valence-electron chi connectivity index (χ0n) is 14.9. The van der Waals surface area contributed by atoms with Gasteiger partial charge in [0.1, 0.15) is 6.04 Å². The van der Waals surface area contributed by atoms with E-state index in [1.165, 1.54) is 0 Å². The summed E-state index contributed by atoms with van der Waals surface area (Å²) >= 11 is 6.07. The molecule has 2 N–H and O–H groups in total. The molecule has 1 atom stereocenters. The van der Waals surface area contributed by atoms with E-state index in [2.05, 4.69) is 10.6 Å². The molecule has 2 aromatic rings. The summed E-state index contributed by atoms with van der Waals surface area (Å²) in [4.78, 5) is 25.2. The van der Waals surface area contributed by atoms with Crippen molar-refractivity contribution in [2.75, 3.05) is 5.32 Å². The lowest BCUT2D eigenvalue weighted by molar-refractivity contribution is -0.118. The van der Waals surface area contributed by atoms with Gasteiger partial charge in [0.15, 0.2) is 0 Å². The minimum absolute atomic E-state index is 0.0720. The Kier molecular flexibility index (Phi) is 6.21. The Morgan fingerprint density at radius 3 is 2.32 bits per heavy atom. The van der Waals surface area contributed by atoms with Crippen molar-refractivity contribution in [1.29, 1.82) is 0 Å². The van der Waals surface area contributed by atoms with E-state index in [0.717, 1.165) is 16.8 Å². The number of nitrogens with one attached hydrogen (secondary N) is 2. The second kappa shape index (κ2) is 8.17. The molecule has 0 saturated carbocycles. The molecule has 0 aromatic heterocycles. The van der Waals surface area contributed by atoms with Gasteiger partial charge in [-0.25, -0.2) is 0 Å². The maximum absolute atomic E-state index is 12.7. The van der Waals surface area contributed by atoms with Gasteiger partial charge in [0.2, 0.25) is 5.91 Å². The van der Waals surface area contributed by atoms with Crippen LogP contribution in [0, 0.1) is 19.8 Å². The maximum atomic E-state index is 12.7. The highest BCUT2D eigenvalue weighted by Gasteiger charge is 2.25. The van der Waals surface area contributed by atoms with Crippen LogP contribution in [-0.4, -0.2) is 17.9 Å². The number of aryl methyl sites for hydroxylation is 2. The van der Waals surface area contributed by atoms with Crippen LogP contribution in [0.25, 0.3) is 0 Å². The molecule has 0 aliphatic carbocycles. The second-order valence-corrected chi connectivity index (χ2v) is 6.89. The molecule has 0 radical (unpaired) electrons. The third-order valence-corrected chi connectivity index (χ3v) is 4.32. The Bertz CT molecular complexity index is 787. The maximum Gasteiger partial charge on any atom is 0.253 e. The summed E-state index contributed by atoms with van der Waals surface area (Å²) in [6.45, 7) is 7.72. The van der Waals surface area contributed by atoms with Crippen LogP contribution in [0.1, 0.15) is 35.3 Å². The minimum atomic E-state index is -0.663. The molecule has 5 heteroatoms. The summed E-state index contributed by atoms with van der Waals surface area (Å²) in [6.07, 6.45) is 0. The number of amides is 2. The van der Waals surface area contributed by atoms with Gasteiger partial charge in [-0.15, -0.1) is 0 Å². The molecule has 0 heterocycles. The van der Waals surface area contributed by atoms with Crippen LogP contribution in [0.4, 0.5) is 5.69 Å². The molecule has 2 rings (SSSR count). The summed E-state index contributed by atoms with van der Waals surface area (Å²) in [7, 11) is 0. The number of rotatable bonds is 5. The first-order chi connectivity index (χ1) is 11.8. The largest absolute Gasteiger partial charge is 0.340 e. The van der Waals surface area contributed by atoms with E-state index in [1.54, 1.807) is 24.3 Å². The van der Waals surface area contributed by atoms with E-state index in [1.807, 2.05) is 45.9 Å². The molecular formula is C20H23ClN2O2. The summed E-state index contributed by atoms with van der Waals surface area (Å²) in [6, 6.07) is 11.9.